The summed E-state index contributed by atoms with van der Waals surface area (Å²) in [5.41, 5.74) is 0. The Bertz CT molecular complexity index is 160. The maximum absolute atomic E-state index is 9.12. The summed E-state index contributed by atoms with van der Waals surface area (Å²) in [7, 11) is 0. The van der Waals surface area contributed by atoms with E-state index < -0.39 is 11.0 Å². The van der Waals surface area contributed by atoms with E-state index in [1.165, 1.54) is 12.2 Å². The maximum Gasteiger partial charge on any atom is 0.156 e. The number of rotatable bonds is 0. The summed E-state index contributed by atoms with van der Waals surface area (Å²) in [5, 5.41) is 18.1. The van der Waals surface area contributed by atoms with Crippen molar-refractivity contribution in [3.8, 4) is 0 Å². The minimum atomic E-state index is -1.38. The van der Waals surface area contributed by atoms with Crippen molar-refractivity contribution in [2.45, 2.75) is 11.0 Å². The van der Waals surface area contributed by atoms with Gasteiger partial charge in [-0.1, -0.05) is 18.2 Å². The van der Waals surface area contributed by atoms with Crippen molar-refractivity contribution in [2.24, 2.45) is 0 Å². The average molecular weight is 144 g/mol. The van der Waals surface area contributed by atoms with Crippen molar-refractivity contribution in [2.75, 3.05) is 0 Å². The second kappa shape index (κ2) is 2.17. The van der Waals surface area contributed by atoms with Crippen molar-refractivity contribution in [3.63, 3.8) is 0 Å². The minimum absolute atomic E-state index is 0.897. The normalized spacial score (nSPS) is 41.4. The van der Waals surface area contributed by atoms with Gasteiger partial charge in [0.15, 0.2) is 4.93 Å². The molecule has 1 rings (SSSR count). The lowest BCUT2D eigenvalue weighted by molar-refractivity contribution is 0.0554. The summed E-state index contributed by atoms with van der Waals surface area (Å²) in [4.78, 5) is -1.38. The van der Waals surface area contributed by atoms with Gasteiger partial charge in [0, 0.05) is 0 Å². The fraction of sp³-hybridized carbons (Fsp3) is 0.333. The van der Waals surface area contributed by atoms with E-state index in [1.54, 1.807) is 12.2 Å². The van der Waals surface area contributed by atoms with E-state index in [0.717, 1.165) is 0 Å². The monoisotopic (exact) mass is 144 g/mol. The van der Waals surface area contributed by atoms with Crippen molar-refractivity contribution < 1.29 is 10.2 Å². The second-order valence-electron chi connectivity index (χ2n) is 1.97. The molecule has 0 saturated heterocycles. The van der Waals surface area contributed by atoms with Crippen LogP contribution in [-0.4, -0.2) is 21.3 Å². The van der Waals surface area contributed by atoms with Gasteiger partial charge in [-0.15, -0.1) is 12.6 Å². The third-order valence-corrected chi connectivity index (χ3v) is 1.59. The van der Waals surface area contributed by atoms with Crippen LogP contribution in [0.3, 0.4) is 0 Å². The molecule has 2 nitrogen and oxygen atoms in total. The van der Waals surface area contributed by atoms with Crippen molar-refractivity contribution in [1.82, 2.24) is 0 Å². The molecule has 0 aliphatic heterocycles. The first kappa shape index (κ1) is 6.86. The van der Waals surface area contributed by atoms with Gasteiger partial charge in [0.1, 0.15) is 6.10 Å². The Morgan fingerprint density at radius 3 is 2.44 bits per heavy atom. The molecular formula is C6H8O2S. The molecule has 0 amide bonds. The summed E-state index contributed by atoms with van der Waals surface area (Å²) < 4.78 is 0. The van der Waals surface area contributed by atoms with E-state index in [1.807, 2.05) is 0 Å². The molecule has 3 heteroatoms. The van der Waals surface area contributed by atoms with Gasteiger partial charge in [0.25, 0.3) is 0 Å². The molecule has 2 unspecified atom stereocenters. The van der Waals surface area contributed by atoms with E-state index in [9.17, 15) is 0 Å². The first-order valence-electron chi connectivity index (χ1n) is 2.62. The fourth-order valence-electron chi connectivity index (χ4n) is 0.607. The predicted molar refractivity (Wildman–Crippen MR) is 38.2 cm³/mol. The molecule has 0 radical (unpaired) electrons. The highest BCUT2D eigenvalue weighted by Crippen LogP contribution is 2.21. The van der Waals surface area contributed by atoms with Crippen LogP contribution in [0.4, 0.5) is 0 Å². The number of hydrogen-bond acceptors (Lipinski definition) is 3. The lowest BCUT2D eigenvalue weighted by atomic mass is 10.1. The molecule has 9 heavy (non-hydrogen) atoms. The lowest BCUT2D eigenvalue weighted by Crippen LogP contribution is -2.34. The average Bonchev–Trinajstić information content (AvgIpc) is 1.77. The smallest absolute Gasteiger partial charge is 0.156 e. The zero-order chi connectivity index (χ0) is 6.91. The molecule has 0 fully saturated rings. The van der Waals surface area contributed by atoms with E-state index in [0.29, 0.717) is 0 Å². The first-order valence-corrected chi connectivity index (χ1v) is 3.06. The Hall–Kier alpha value is -0.250. The lowest BCUT2D eigenvalue weighted by Gasteiger charge is -2.23. The number of aliphatic hydroxyl groups excluding tert-OH is 1. The molecule has 0 heterocycles. The summed E-state index contributed by atoms with van der Waals surface area (Å²) in [6.45, 7) is 0. The Morgan fingerprint density at radius 1 is 1.44 bits per heavy atom. The topological polar surface area (TPSA) is 40.5 Å². The summed E-state index contributed by atoms with van der Waals surface area (Å²) in [5.74, 6) is 0. The molecule has 1 aliphatic rings. The van der Waals surface area contributed by atoms with Crippen LogP contribution in [-0.2, 0) is 0 Å². The van der Waals surface area contributed by atoms with Gasteiger partial charge in [-0.05, 0) is 6.08 Å². The number of allylic oxidation sites excluding steroid dienone is 2. The fourth-order valence-corrected chi connectivity index (χ4v) is 0.779. The highest BCUT2D eigenvalue weighted by molar-refractivity contribution is 7.81. The van der Waals surface area contributed by atoms with E-state index in [4.69, 9.17) is 10.2 Å². The van der Waals surface area contributed by atoms with E-state index >= 15 is 0 Å². The number of thiol groups is 1. The number of hydrogen-bond donors (Lipinski definition) is 3. The summed E-state index contributed by atoms with van der Waals surface area (Å²) in [6.07, 6.45) is 5.31. The van der Waals surface area contributed by atoms with Crippen LogP contribution in [0.1, 0.15) is 0 Å². The van der Waals surface area contributed by atoms with Crippen LogP contribution in [0.15, 0.2) is 24.3 Å². The van der Waals surface area contributed by atoms with Gasteiger partial charge in [0.05, 0.1) is 0 Å². The highest BCUT2D eigenvalue weighted by Gasteiger charge is 2.27. The minimum Gasteiger partial charge on any atom is -0.385 e. The molecule has 0 aromatic rings. The Labute approximate surface area is 58.9 Å². The zero-order valence-corrected chi connectivity index (χ0v) is 5.62. The molecule has 1 aliphatic carbocycles. The largest absolute Gasteiger partial charge is 0.385 e. The van der Waals surface area contributed by atoms with Crippen molar-refractivity contribution in [1.29, 1.82) is 0 Å². The van der Waals surface area contributed by atoms with Crippen LogP contribution >= 0.6 is 12.6 Å². The van der Waals surface area contributed by atoms with Gasteiger partial charge < -0.3 is 10.2 Å². The predicted octanol–water partition coefficient (Wildman–Crippen LogP) is 0.0917. The molecule has 0 bridgehead atoms. The number of aliphatic hydroxyl groups is 2. The Morgan fingerprint density at radius 2 is 2.11 bits per heavy atom. The molecular weight excluding hydrogens is 136 g/mol. The van der Waals surface area contributed by atoms with Crippen LogP contribution in [0, 0.1) is 0 Å². The van der Waals surface area contributed by atoms with Crippen molar-refractivity contribution >= 4 is 12.6 Å². The van der Waals surface area contributed by atoms with Crippen molar-refractivity contribution in [3.05, 3.63) is 24.3 Å². The Balaban J connectivity index is 2.78. The van der Waals surface area contributed by atoms with Gasteiger partial charge in [-0.25, -0.2) is 0 Å². The third kappa shape index (κ3) is 1.36. The standard InChI is InChI=1S/C6H8O2S/c7-5-3-1-2-4-6(5,8)9/h1-5,7-9H. The molecule has 0 aromatic heterocycles. The molecule has 50 valence electrons. The molecule has 0 aromatic carbocycles. The molecule has 2 N–H and O–H groups in total. The third-order valence-electron chi connectivity index (χ3n) is 1.18. The van der Waals surface area contributed by atoms with E-state index in [-0.39, 0.29) is 0 Å². The van der Waals surface area contributed by atoms with Gasteiger partial charge in [0.2, 0.25) is 0 Å². The Kier molecular flexibility index (Phi) is 1.66. The quantitative estimate of drug-likeness (QED) is 0.333. The highest BCUT2D eigenvalue weighted by atomic mass is 32.1. The van der Waals surface area contributed by atoms with E-state index in [2.05, 4.69) is 12.6 Å². The van der Waals surface area contributed by atoms with Crippen LogP contribution in [0.2, 0.25) is 0 Å². The van der Waals surface area contributed by atoms with Gasteiger partial charge in [-0.2, -0.15) is 0 Å². The summed E-state index contributed by atoms with van der Waals surface area (Å²) in [6, 6.07) is 0. The van der Waals surface area contributed by atoms with Crippen LogP contribution in [0.25, 0.3) is 0 Å². The SMILES string of the molecule is OC1C=CC=CC1(O)S. The first-order chi connectivity index (χ1) is 4.13. The second-order valence-corrected chi connectivity index (χ2v) is 2.69. The molecule has 0 spiro atoms. The molecule has 0 saturated carbocycles. The summed E-state index contributed by atoms with van der Waals surface area (Å²) >= 11 is 3.78. The van der Waals surface area contributed by atoms with Gasteiger partial charge >= 0.3 is 0 Å². The van der Waals surface area contributed by atoms with Crippen LogP contribution < -0.4 is 0 Å². The molecule has 2 atom stereocenters. The zero-order valence-electron chi connectivity index (χ0n) is 4.73. The maximum atomic E-state index is 9.12. The van der Waals surface area contributed by atoms with Crippen LogP contribution in [0.5, 0.6) is 0 Å². The van der Waals surface area contributed by atoms with Gasteiger partial charge in [-0.3, -0.25) is 0 Å².